The molecular formula is C4H7NO4. The Kier molecular flexibility index (Phi) is 2.66. The van der Waals surface area contributed by atoms with E-state index in [1.807, 2.05) is 0 Å². The second kappa shape index (κ2) is 3.03. The Balaban J connectivity index is 3.99. The Morgan fingerprint density at radius 1 is 1.33 bits per heavy atom. The minimum absolute atomic E-state index is 0.370. The van der Waals surface area contributed by atoms with Crippen molar-refractivity contribution in [3.63, 3.8) is 0 Å². The fourth-order valence-corrected chi connectivity index (χ4v) is 0.307. The molecule has 0 unspecified atom stereocenters. The van der Waals surface area contributed by atoms with E-state index in [0.29, 0.717) is 0 Å². The topological polar surface area (TPSA) is 101 Å². The Morgan fingerprint density at radius 2 is 1.67 bits per heavy atom. The van der Waals surface area contributed by atoms with Gasteiger partial charge in [0.1, 0.15) is 0 Å². The minimum atomic E-state index is -1.47. The van der Waals surface area contributed by atoms with Crippen molar-refractivity contribution in [3.8, 4) is 0 Å². The predicted octanol–water partition coefficient (Wildman–Crippen LogP) is -1.27. The lowest BCUT2D eigenvalue weighted by atomic mass is 10.1. The third kappa shape index (κ3) is 2.09. The zero-order valence-corrected chi connectivity index (χ0v) is 4.57. The van der Waals surface area contributed by atoms with Crippen molar-refractivity contribution in [2.45, 2.75) is 0 Å². The molecule has 5 heteroatoms. The van der Waals surface area contributed by atoms with Gasteiger partial charge in [-0.2, -0.15) is 0 Å². The fourth-order valence-electron chi connectivity index (χ4n) is 0.307. The highest BCUT2D eigenvalue weighted by Crippen LogP contribution is 1.91. The molecular weight excluding hydrogens is 126 g/mol. The van der Waals surface area contributed by atoms with Gasteiger partial charge in [-0.1, -0.05) is 0 Å². The zero-order valence-electron chi connectivity index (χ0n) is 4.57. The van der Waals surface area contributed by atoms with Gasteiger partial charge in [-0.25, -0.2) is 0 Å². The molecule has 4 N–H and O–H groups in total. The Labute approximate surface area is 51.1 Å². The smallest absolute Gasteiger partial charge is 0.319 e. The minimum Gasteiger partial charge on any atom is -0.481 e. The van der Waals surface area contributed by atoms with Crippen LogP contribution in [0.1, 0.15) is 0 Å². The average Bonchev–Trinajstić information content (AvgIpc) is 1.64. The second-order valence-corrected chi connectivity index (χ2v) is 1.46. The van der Waals surface area contributed by atoms with Crippen LogP contribution in [0.4, 0.5) is 0 Å². The van der Waals surface area contributed by atoms with E-state index >= 15 is 0 Å². The summed E-state index contributed by atoms with van der Waals surface area (Å²) in [6, 6.07) is 0. The maximum absolute atomic E-state index is 9.91. The Morgan fingerprint density at radius 3 is 1.67 bits per heavy atom. The maximum atomic E-state index is 9.91. The average molecular weight is 133 g/mol. The summed E-state index contributed by atoms with van der Waals surface area (Å²) in [5, 5.41) is 16.2. The lowest BCUT2D eigenvalue weighted by Crippen LogP contribution is -2.30. The van der Waals surface area contributed by atoms with Crippen molar-refractivity contribution in [1.82, 2.24) is 0 Å². The van der Waals surface area contributed by atoms with Crippen LogP contribution in [-0.2, 0) is 9.59 Å². The van der Waals surface area contributed by atoms with Crippen LogP contribution in [0.3, 0.4) is 0 Å². The predicted molar refractivity (Wildman–Crippen MR) is 27.8 cm³/mol. The van der Waals surface area contributed by atoms with Gasteiger partial charge in [-0.05, 0) is 0 Å². The van der Waals surface area contributed by atoms with Gasteiger partial charge in [0, 0.05) is 6.54 Å². The molecule has 0 saturated carbocycles. The third-order valence-electron chi connectivity index (χ3n) is 0.832. The van der Waals surface area contributed by atoms with Crippen molar-refractivity contribution in [1.29, 1.82) is 0 Å². The highest BCUT2D eigenvalue weighted by atomic mass is 16.4. The molecule has 0 atom stereocenters. The molecule has 9 heavy (non-hydrogen) atoms. The number of carboxylic acid groups (broad SMARTS) is 2. The van der Waals surface area contributed by atoms with E-state index in [1.165, 1.54) is 0 Å². The monoisotopic (exact) mass is 133 g/mol. The van der Waals surface area contributed by atoms with Gasteiger partial charge >= 0.3 is 11.9 Å². The van der Waals surface area contributed by atoms with Crippen LogP contribution in [0.5, 0.6) is 0 Å². The number of carbonyl (C=O) groups is 2. The molecule has 0 aliphatic carbocycles. The normalized spacial score (nSPS) is 9.56. The quantitative estimate of drug-likeness (QED) is 0.417. The van der Waals surface area contributed by atoms with Crippen LogP contribution < -0.4 is 5.73 Å². The van der Waals surface area contributed by atoms with E-state index in [-0.39, 0.29) is 6.54 Å². The summed E-state index contributed by atoms with van der Waals surface area (Å²) in [5.74, 6) is -4.26. The van der Waals surface area contributed by atoms with E-state index in [2.05, 4.69) is 0 Å². The van der Waals surface area contributed by atoms with Gasteiger partial charge in [0.05, 0.1) is 0 Å². The molecule has 0 aliphatic rings. The van der Waals surface area contributed by atoms with Crippen LogP contribution in [0.25, 0.3) is 0 Å². The number of nitrogens with two attached hydrogens (primary N) is 1. The van der Waals surface area contributed by atoms with Crippen LogP contribution in [-0.4, -0.2) is 28.7 Å². The van der Waals surface area contributed by atoms with E-state index in [1.54, 1.807) is 0 Å². The standard InChI is InChI=1S/C4H7NO4/c5-1-2(3(6)7)4(8)9/h2H,1,5H2,(H,6,7)(H,8,9). The first-order chi connectivity index (χ1) is 4.09. The maximum Gasteiger partial charge on any atom is 0.319 e. The molecule has 0 saturated heterocycles. The van der Waals surface area contributed by atoms with Crippen LogP contribution >= 0.6 is 0 Å². The first kappa shape index (κ1) is 7.90. The Hall–Kier alpha value is -1.10. The van der Waals surface area contributed by atoms with Crippen molar-refractivity contribution >= 4 is 11.9 Å². The van der Waals surface area contributed by atoms with E-state index in [9.17, 15) is 9.59 Å². The molecule has 0 fully saturated rings. The second-order valence-electron chi connectivity index (χ2n) is 1.46. The van der Waals surface area contributed by atoms with Crippen LogP contribution in [0.2, 0.25) is 0 Å². The molecule has 0 aromatic rings. The van der Waals surface area contributed by atoms with Crippen molar-refractivity contribution < 1.29 is 19.8 Å². The van der Waals surface area contributed by atoms with Crippen molar-refractivity contribution in [2.75, 3.05) is 6.54 Å². The van der Waals surface area contributed by atoms with Crippen molar-refractivity contribution in [2.24, 2.45) is 11.7 Å². The van der Waals surface area contributed by atoms with Gasteiger partial charge in [0.25, 0.3) is 0 Å². The molecule has 0 aromatic heterocycles. The summed E-state index contributed by atoms with van der Waals surface area (Å²) in [5.41, 5.74) is 4.81. The largest absolute Gasteiger partial charge is 0.481 e. The molecule has 0 rings (SSSR count). The highest BCUT2D eigenvalue weighted by Gasteiger charge is 2.22. The zero-order chi connectivity index (χ0) is 7.44. The number of hydrogen-bond donors (Lipinski definition) is 3. The number of aliphatic carboxylic acids is 2. The van der Waals surface area contributed by atoms with Gasteiger partial charge in [-0.15, -0.1) is 0 Å². The lowest BCUT2D eigenvalue weighted by Gasteiger charge is -2.00. The molecule has 0 radical (unpaired) electrons. The number of hydrogen-bond acceptors (Lipinski definition) is 3. The van der Waals surface area contributed by atoms with Crippen molar-refractivity contribution in [3.05, 3.63) is 0 Å². The SMILES string of the molecule is NCC(C(=O)O)C(=O)O. The molecule has 0 bridgehead atoms. The molecule has 5 nitrogen and oxygen atoms in total. The summed E-state index contributed by atoms with van der Waals surface area (Å²) in [6.45, 7) is -0.370. The summed E-state index contributed by atoms with van der Waals surface area (Å²) >= 11 is 0. The summed E-state index contributed by atoms with van der Waals surface area (Å²) in [4.78, 5) is 19.8. The molecule has 0 spiro atoms. The molecule has 0 heterocycles. The molecule has 0 amide bonds. The Bertz CT molecular complexity index is 119. The summed E-state index contributed by atoms with van der Waals surface area (Å²) in [6.07, 6.45) is 0. The van der Waals surface area contributed by atoms with Gasteiger partial charge in [0.15, 0.2) is 5.92 Å². The molecule has 52 valence electrons. The van der Waals surface area contributed by atoms with Gasteiger partial charge in [0.2, 0.25) is 0 Å². The summed E-state index contributed by atoms with van der Waals surface area (Å²) < 4.78 is 0. The molecule has 0 aliphatic heterocycles. The third-order valence-corrected chi connectivity index (χ3v) is 0.832. The number of carboxylic acids is 2. The van der Waals surface area contributed by atoms with E-state index in [0.717, 1.165) is 0 Å². The first-order valence-electron chi connectivity index (χ1n) is 2.25. The van der Waals surface area contributed by atoms with E-state index in [4.69, 9.17) is 15.9 Å². The lowest BCUT2D eigenvalue weighted by molar-refractivity contribution is -0.153. The molecule has 0 aromatic carbocycles. The number of rotatable bonds is 3. The summed E-state index contributed by atoms with van der Waals surface area (Å²) in [7, 11) is 0. The fraction of sp³-hybridized carbons (Fsp3) is 0.500. The van der Waals surface area contributed by atoms with Gasteiger partial charge in [-0.3, -0.25) is 9.59 Å². The van der Waals surface area contributed by atoms with Gasteiger partial charge < -0.3 is 15.9 Å². The van der Waals surface area contributed by atoms with Crippen LogP contribution in [0, 0.1) is 5.92 Å². The van der Waals surface area contributed by atoms with E-state index < -0.39 is 17.9 Å². The highest BCUT2D eigenvalue weighted by molar-refractivity contribution is 5.93. The first-order valence-corrected chi connectivity index (χ1v) is 2.25. The van der Waals surface area contributed by atoms with Crippen LogP contribution in [0.15, 0.2) is 0 Å².